The molecule has 0 aliphatic rings. The lowest BCUT2D eigenvalue weighted by Gasteiger charge is -2.23. The quantitative estimate of drug-likeness (QED) is 0.860. The van der Waals surface area contributed by atoms with Gasteiger partial charge < -0.3 is 10.2 Å². The van der Waals surface area contributed by atoms with Crippen LogP contribution in [-0.2, 0) is 0 Å². The summed E-state index contributed by atoms with van der Waals surface area (Å²) in [6.45, 7) is 10.4. The van der Waals surface area contributed by atoms with Crippen molar-refractivity contribution >= 4 is 11.5 Å². The zero-order chi connectivity index (χ0) is 15.2. The zero-order valence-corrected chi connectivity index (χ0v) is 13.4. The third-order valence-electron chi connectivity index (χ3n) is 3.72. The van der Waals surface area contributed by atoms with Crippen molar-refractivity contribution in [2.24, 2.45) is 0 Å². The highest BCUT2D eigenvalue weighted by atomic mass is 15.2. The van der Waals surface area contributed by atoms with Crippen LogP contribution in [0.1, 0.15) is 37.9 Å². The van der Waals surface area contributed by atoms with Gasteiger partial charge in [0.1, 0.15) is 5.82 Å². The van der Waals surface area contributed by atoms with Crippen molar-refractivity contribution in [2.75, 3.05) is 18.0 Å². The van der Waals surface area contributed by atoms with Crippen LogP contribution in [-0.4, -0.2) is 18.1 Å². The Kier molecular flexibility index (Phi) is 5.34. The number of nitrogens with zero attached hydrogens (tertiary/aromatic N) is 2. The minimum absolute atomic E-state index is 0.341. The molecule has 0 amide bonds. The van der Waals surface area contributed by atoms with Gasteiger partial charge in [-0.25, -0.2) is 4.98 Å². The van der Waals surface area contributed by atoms with E-state index in [-0.39, 0.29) is 0 Å². The van der Waals surface area contributed by atoms with Gasteiger partial charge in [0.05, 0.1) is 0 Å². The Morgan fingerprint density at radius 1 is 1.14 bits per heavy atom. The molecular formula is C18H25N3. The largest absolute Gasteiger partial charge is 0.327 e. The topological polar surface area (TPSA) is 28.2 Å². The molecule has 21 heavy (non-hydrogen) atoms. The van der Waals surface area contributed by atoms with Crippen LogP contribution in [0.3, 0.4) is 0 Å². The van der Waals surface area contributed by atoms with Crippen molar-refractivity contribution in [1.29, 1.82) is 0 Å². The second-order valence-corrected chi connectivity index (χ2v) is 5.31. The first-order valence-corrected chi connectivity index (χ1v) is 7.69. The van der Waals surface area contributed by atoms with Crippen molar-refractivity contribution in [1.82, 2.24) is 10.3 Å². The SMILES string of the molecule is CCNC(C)c1ccnc(N(CC)c2ccc(C)cc2)c1. The van der Waals surface area contributed by atoms with Gasteiger partial charge in [-0.05, 0) is 57.1 Å². The Bertz CT molecular complexity index is 563. The van der Waals surface area contributed by atoms with E-state index in [4.69, 9.17) is 0 Å². The van der Waals surface area contributed by atoms with Crippen molar-refractivity contribution in [2.45, 2.75) is 33.7 Å². The second-order valence-electron chi connectivity index (χ2n) is 5.31. The predicted molar refractivity (Wildman–Crippen MR) is 90.2 cm³/mol. The van der Waals surface area contributed by atoms with Crippen LogP contribution < -0.4 is 10.2 Å². The molecule has 1 N–H and O–H groups in total. The van der Waals surface area contributed by atoms with Crippen LogP contribution in [0, 0.1) is 6.92 Å². The van der Waals surface area contributed by atoms with E-state index in [0.29, 0.717) is 6.04 Å². The first-order chi connectivity index (χ1) is 10.2. The Morgan fingerprint density at radius 3 is 2.48 bits per heavy atom. The summed E-state index contributed by atoms with van der Waals surface area (Å²) < 4.78 is 0. The fourth-order valence-corrected chi connectivity index (χ4v) is 2.48. The lowest BCUT2D eigenvalue weighted by molar-refractivity contribution is 0.597. The van der Waals surface area contributed by atoms with Gasteiger partial charge in [-0.1, -0.05) is 24.6 Å². The molecule has 1 atom stereocenters. The van der Waals surface area contributed by atoms with E-state index in [1.165, 1.54) is 16.8 Å². The molecule has 0 spiro atoms. The highest BCUT2D eigenvalue weighted by Crippen LogP contribution is 2.25. The third kappa shape index (κ3) is 3.82. The molecule has 0 bridgehead atoms. The fourth-order valence-electron chi connectivity index (χ4n) is 2.48. The number of hydrogen-bond acceptors (Lipinski definition) is 3. The zero-order valence-electron chi connectivity index (χ0n) is 13.4. The first-order valence-electron chi connectivity index (χ1n) is 7.69. The van der Waals surface area contributed by atoms with Gasteiger partial charge in [0, 0.05) is 24.5 Å². The first kappa shape index (κ1) is 15.5. The molecule has 2 rings (SSSR count). The predicted octanol–water partition coefficient (Wildman–Crippen LogP) is 4.22. The number of rotatable bonds is 6. The number of benzene rings is 1. The molecule has 112 valence electrons. The van der Waals surface area contributed by atoms with E-state index in [0.717, 1.165) is 18.9 Å². The molecular weight excluding hydrogens is 258 g/mol. The smallest absolute Gasteiger partial charge is 0.133 e. The third-order valence-corrected chi connectivity index (χ3v) is 3.72. The minimum Gasteiger partial charge on any atom is -0.327 e. The standard InChI is InChI=1S/C18H25N3/c1-5-19-15(4)16-11-12-20-18(13-16)21(6-2)17-9-7-14(3)8-10-17/h7-13,15,19H,5-6H2,1-4H3. The van der Waals surface area contributed by atoms with Crippen molar-refractivity contribution in [3.63, 3.8) is 0 Å². The maximum Gasteiger partial charge on any atom is 0.133 e. The van der Waals surface area contributed by atoms with Gasteiger partial charge in [-0.3, -0.25) is 0 Å². The number of hydrogen-bond donors (Lipinski definition) is 1. The van der Waals surface area contributed by atoms with Crippen molar-refractivity contribution < 1.29 is 0 Å². The molecule has 0 fully saturated rings. The average Bonchev–Trinajstić information content (AvgIpc) is 2.50. The molecule has 0 radical (unpaired) electrons. The van der Waals surface area contributed by atoms with Crippen LogP contribution in [0.2, 0.25) is 0 Å². The van der Waals surface area contributed by atoms with Crippen LogP contribution in [0.15, 0.2) is 42.6 Å². The van der Waals surface area contributed by atoms with Gasteiger partial charge in [-0.2, -0.15) is 0 Å². The average molecular weight is 283 g/mol. The molecule has 0 saturated carbocycles. The van der Waals surface area contributed by atoms with Crippen LogP contribution in [0.5, 0.6) is 0 Å². The van der Waals surface area contributed by atoms with Gasteiger partial charge in [0.25, 0.3) is 0 Å². The van der Waals surface area contributed by atoms with Crippen molar-refractivity contribution in [3.8, 4) is 0 Å². The van der Waals surface area contributed by atoms with Gasteiger partial charge >= 0.3 is 0 Å². The molecule has 0 saturated heterocycles. The molecule has 3 heteroatoms. The summed E-state index contributed by atoms with van der Waals surface area (Å²) >= 11 is 0. The van der Waals surface area contributed by atoms with Crippen LogP contribution >= 0.6 is 0 Å². The van der Waals surface area contributed by atoms with E-state index in [2.05, 4.69) is 79.3 Å². The lowest BCUT2D eigenvalue weighted by atomic mass is 10.1. The summed E-state index contributed by atoms with van der Waals surface area (Å²) in [7, 11) is 0. The number of pyridine rings is 1. The Morgan fingerprint density at radius 2 is 1.86 bits per heavy atom. The van der Waals surface area contributed by atoms with E-state index in [1.54, 1.807) is 0 Å². The van der Waals surface area contributed by atoms with Crippen LogP contribution in [0.4, 0.5) is 11.5 Å². The molecule has 2 aromatic rings. The molecule has 1 aromatic carbocycles. The highest BCUT2D eigenvalue weighted by molar-refractivity contribution is 5.60. The number of anilines is 2. The summed E-state index contributed by atoms with van der Waals surface area (Å²) in [5.41, 5.74) is 3.73. The summed E-state index contributed by atoms with van der Waals surface area (Å²) in [6.07, 6.45) is 1.90. The summed E-state index contributed by atoms with van der Waals surface area (Å²) in [6, 6.07) is 13.2. The fraction of sp³-hybridized carbons (Fsp3) is 0.389. The summed E-state index contributed by atoms with van der Waals surface area (Å²) in [4.78, 5) is 6.79. The molecule has 1 heterocycles. The monoisotopic (exact) mass is 283 g/mol. The number of aromatic nitrogens is 1. The Hall–Kier alpha value is -1.87. The second kappa shape index (κ2) is 7.23. The van der Waals surface area contributed by atoms with Gasteiger partial charge in [0.15, 0.2) is 0 Å². The van der Waals surface area contributed by atoms with E-state index < -0.39 is 0 Å². The Labute approximate surface area is 128 Å². The molecule has 1 unspecified atom stereocenters. The van der Waals surface area contributed by atoms with E-state index in [9.17, 15) is 0 Å². The summed E-state index contributed by atoms with van der Waals surface area (Å²) in [5, 5.41) is 3.45. The Balaban J connectivity index is 2.30. The molecule has 1 aromatic heterocycles. The van der Waals surface area contributed by atoms with Crippen molar-refractivity contribution in [3.05, 3.63) is 53.7 Å². The number of aryl methyl sites for hydroxylation is 1. The molecule has 0 aliphatic carbocycles. The van der Waals surface area contributed by atoms with E-state index >= 15 is 0 Å². The van der Waals surface area contributed by atoms with Gasteiger partial charge in [0.2, 0.25) is 0 Å². The summed E-state index contributed by atoms with van der Waals surface area (Å²) in [5.74, 6) is 1.00. The minimum atomic E-state index is 0.341. The maximum absolute atomic E-state index is 4.55. The highest BCUT2D eigenvalue weighted by Gasteiger charge is 2.11. The van der Waals surface area contributed by atoms with Crippen LogP contribution in [0.25, 0.3) is 0 Å². The normalized spacial score (nSPS) is 12.2. The van der Waals surface area contributed by atoms with E-state index in [1.807, 2.05) is 6.20 Å². The number of nitrogens with one attached hydrogen (secondary N) is 1. The molecule has 3 nitrogen and oxygen atoms in total. The molecule has 0 aliphatic heterocycles. The van der Waals surface area contributed by atoms with Gasteiger partial charge in [-0.15, -0.1) is 0 Å². The lowest BCUT2D eigenvalue weighted by Crippen LogP contribution is -2.20. The maximum atomic E-state index is 4.55.